The molecule has 3 rings (SSSR count). The van der Waals surface area contributed by atoms with Gasteiger partial charge in [0.1, 0.15) is 15.6 Å². The molecule has 2 aliphatic rings. The molecule has 1 aromatic rings. The van der Waals surface area contributed by atoms with Gasteiger partial charge in [0.15, 0.2) is 0 Å². The van der Waals surface area contributed by atoms with Gasteiger partial charge in [0, 0.05) is 18.1 Å². The Balaban J connectivity index is 1.77. The summed E-state index contributed by atoms with van der Waals surface area (Å²) in [5.74, 6) is 0.187. The van der Waals surface area contributed by atoms with Crippen LogP contribution in [-0.4, -0.2) is 25.7 Å². The van der Waals surface area contributed by atoms with Gasteiger partial charge in [-0.05, 0) is 43.2 Å². The molecule has 21 heavy (non-hydrogen) atoms. The minimum absolute atomic E-state index is 0.00971. The summed E-state index contributed by atoms with van der Waals surface area (Å²) < 4.78 is 23.5. The molecule has 1 aromatic carbocycles. The SMILES string of the molecule is CS(=O)(=O)C1CCCC(C(=O)C2CCc3ccccc32)C1. The molecule has 1 saturated carbocycles. The van der Waals surface area contributed by atoms with E-state index in [-0.39, 0.29) is 22.9 Å². The monoisotopic (exact) mass is 306 g/mol. The predicted molar refractivity (Wildman–Crippen MR) is 83.1 cm³/mol. The van der Waals surface area contributed by atoms with E-state index in [0.29, 0.717) is 12.8 Å². The number of carbonyl (C=O) groups is 1. The highest BCUT2D eigenvalue weighted by atomic mass is 32.2. The molecule has 0 aromatic heterocycles. The first kappa shape index (κ1) is 14.8. The lowest BCUT2D eigenvalue weighted by atomic mass is 9.79. The van der Waals surface area contributed by atoms with E-state index in [1.807, 2.05) is 12.1 Å². The second kappa shape index (κ2) is 5.56. The molecule has 1 fully saturated rings. The standard InChI is InChI=1S/C17H22O3S/c1-21(19,20)14-7-4-6-13(11-14)17(18)16-10-9-12-5-2-3-8-15(12)16/h2-3,5,8,13-14,16H,4,6-7,9-11H2,1H3. The van der Waals surface area contributed by atoms with Gasteiger partial charge in [-0.2, -0.15) is 0 Å². The third-order valence-electron chi connectivity index (χ3n) is 5.11. The molecule has 3 atom stereocenters. The van der Waals surface area contributed by atoms with Crippen LogP contribution in [0.1, 0.15) is 49.1 Å². The first-order chi connectivity index (χ1) is 9.97. The van der Waals surface area contributed by atoms with Gasteiger partial charge >= 0.3 is 0 Å². The average Bonchev–Trinajstić information content (AvgIpc) is 2.90. The van der Waals surface area contributed by atoms with E-state index in [9.17, 15) is 13.2 Å². The van der Waals surface area contributed by atoms with Crippen molar-refractivity contribution in [2.45, 2.75) is 49.7 Å². The number of Topliss-reactive ketones (excluding diaryl/α,β-unsaturated/α-hetero) is 1. The van der Waals surface area contributed by atoms with Crippen LogP contribution >= 0.6 is 0 Å². The van der Waals surface area contributed by atoms with Gasteiger partial charge in [-0.3, -0.25) is 4.79 Å². The Bertz CT molecular complexity index is 648. The molecule has 0 radical (unpaired) electrons. The highest BCUT2D eigenvalue weighted by Crippen LogP contribution is 2.39. The highest BCUT2D eigenvalue weighted by molar-refractivity contribution is 7.91. The molecule has 0 spiro atoms. The summed E-state index contributed by atoms with van der Waals surface area (Å²) in [6, 6.07) is 8.17. The summed E-state index contributed by atoms with van der Waals surface area (Å²) >= 11 is 0. The summed E-state index contributed by atoms with van der Waals surface area (Å²) in [4.78, 5) is 12.8. The molecule has 0 bridgehead atoms. The van der Waals surface area contributed by atoms with Crippen molar-refractivity contribution < 1.29 is 13.2 Å². The van der Waals surface area contributed by atoms with Crippen molar-refractivity contribution in [3.05, 3.63) is 35.4 Å². The van der Waals surface area contributed by atoms with Crippen molar-refractivity contribution >= 4 is 15.6 Å². The van der Waals surface area contributed by atoms with E-state index < -0.39 is 9.84 Å². The lowest BCUT2D eigenvalue weighted by Crippen LogP contribution is -2.32. The molecule has 0 amide bonds. The van der Waals surface area contributed by atoms with Crippen molar-refractivity contribution in [2.24, 2.45) is 5.92 Å². The first-order valence-electron chi connectivity index (χ1n) is 7.77. The number of benzene rings is 1. The Hall–Kier alpha value is -1.16. The van der Waals surface area contributed by atoms with Crippen LogP contribution in [0.15, 0.2) is 24.3 Å². The van der Waals surface area contributed by atoms with Crippen LogP contribution in [0.5, 0.6) is 0 Å². The molecule has 3 unspecified atom stereocenters. The smallest absolute Gasteiger partial charge is 0.150 e. The largest absolute Gasteiger partial charge is 0.299 e. The predicted octanol–water partition coefficient (Wildman–Crippen LogP) is 2.89. The molecule has 2 aliphatic carbocycles. The van der Waals surface area contributed by atoms with Crippen LogP contribution in [0.4, 0.5) is 0 Å². The Labute approximate surface area is 126 Å². The fourth-order valence-corrected chi connectivity index (χ4v) is 5.11. The Kier molecular flexibility index (Phi) is 3.91. The number of sulfone groups is 1. The molecular weight excluding hydrogens is 284 g/mol. The zero-order chi connectivity index (χ0) is 15.0. The Morgan fingerprint density at radius 3 is 2.67 bits per heavy atom. The van der Waals surface area contributed by atoms with Gasteiger partial charge in [-0.15, -0.1) is 0 Å². The second-order valence-corrected chi connectivity index (χ2v) is 8.83. The fourth-order valence-electron chi connectivity index (χ4n) is 3.93. The molecule has 0 aliphatic heterocycles. The topological polar surface area (TPSA) is 51.2 Å². The number of carbonyl (C=O) groups excluding carboxylic acids is 1. The van der Waals surface area contributed by atoms with Crippen molar-refractivity contribution in [3.63, 3.8) is 0 Å². The van der Waals surface area contributed by atoms with Gasteiger partial charge < -0.3 is 0 Å². The number of rotatable bonds is 3. The number of hydrogen-bond donors (Lipinski definition) is 0. The van der Waals surface area contributed by atoms with Gasteiger partial charge in [0.05, 0.1) is 5.25 Å². The van der Waals surface area contributed by atoms with Gasteiger partial charge in [-0.1, -0.05) is 30.7 Å². The lowest BCUT2D eigenvalue weighted by molar-refractivity contribution is -0.125. The van der Waals surface area contributed by atoms with Crippen LogP contribution in [-0.2, 0) is 21.1 Å². The van der Waals surface area contributed by atoms with E-state index in [1.165, 1.54) is 17.4 Å². The van der Waals surface area contributed by atoms with Crippen LogP contribution in [0, 0.1) is 5.92 Å². The second-order valence-electron chi connectivity index (χ2n) is 6.51. The lowest BCUT2D eigenvalue weighted by Gasteiger charge is -2.29. The number of aryl methyl sites for hydroxylation is 1. The summed E-state index contributed by atoms with van der Waals surface area (Å²) in [5.41, 5.74) is 2.45. The van der Waals surface area contributed by atoms with Crippen LogP contribution in [0.3, 0.4) is 0 Å². The Morgan fingerprint density at radius 1 is 1.14 bits per heavy atom. The Morgan fingerprint density at radius 2 is 1.90 bits per heavy atom. The quantitative estimate of drug-likeness (QED) is 0.863. The molecule has 3 nitrogen and oxygen atoms in total. The average molecular weight is 306 g/mol. The number of fused-ring (bicyclic) bond motifs is 1. The third kappa shape index (κ3) is 2.91. The summed E-state index contributed by atoms with van der Waals surface area (Å²) in [7, 11) is -3.03. The van der Waals surface area contributed by atoms with Crippen LogP contribution in [0.2, 0.25) is 0 Å². The molecule has 0 heterocycles. The zero-order valence-corrected chi connectivity index (χ0v) is 13.2. The van der Waals surface area contributed by atoms with E-state index in [1.54, 1.807) is 0 Å². The molecule has 0 N–H and O–H groups in total. The van der Waals surface area contributed by atoms with Gasteiger partial charge in [0.2, 0.25) is 0 Å². The normalized spacial score (nSPS) is 29.1. The van der Waals surface area contributed by atoms with Gasteiger partial charge in [-0.25, -0.2) is 8.42 Å². The molecule has 114 valence electrons. The number of hydrogen-bond acceptors (Lipinski definition) is 3. The summed E-state index contributed by atoms with van der Waals surface area (Å²) in [6.45, 7) is 0. The van der Waals surface area contributed by atoms with Crippen molar-refractivity contribution in [1.82, 2.24) is 0 Å². The molecule has 0 saturated heterocycles. The van der Waals surface area contributed by atoms with Crippen LogP contribution in [0.25, 0.3) is 0 Å². The third-order valence-corrected chi connectivity index (χ3v) is 6.75. The van der Waals surface area contributed by atoms with Gasteiger partial charge in [0.25, 0.3) is 0 Å². The minimum atomic E-state index is -3.03. The van der Waals surface area contributed by atoms with E-state index in [2.05, 4.69) is 12.1 Å². The molecule has 4 heteroatoms. The van der Waals surface area contributed by atoms with Crippen molar-refractivity contribution in [3.8, 4) is 0 Å². The fraction of sp³-hybridized carbons (Fsp3) is 0.588. The summed E-state index contributed by atoms with van der Waals surface area (Å²) in [5, 5.41) is -0.322. The molecular formula is C17H22O3S. The number of ketones is 1. The van der Waals surface area contributed by atoms with Crippen LogP contribution < -0.4 is 0 Å². The van der Waals surface area contributed by atoms with E-state index >= 15 is 0 Å². The highest BCUT2D eigenvalue weighted by Gasteiger charge is 2.37. The maximum absolute atomic E-state index is 12.8. The first-order valence-corrected chi connectivity index (χ1v) is 9.72. The minimum Gasteiger partial charge on any atom is -0.299 e. The maximum atomic E-state index is 12.8. The van der Waals surface area contributed by atoms with Crippen molar-refractivity contribution in [1.29, 1.82) is 0 Å². The van der Waals surface area contributed by atoms with Crippen molar-refractivity contribution in [2.75, 3.05) is 6.26 Å². The van der Waals surface area contributed by atoms with E-state index in [4.69, 9.17) is 0 Å². The summed E-state index contributed by atoms with van der Waals surface area (Å²) in [6.07, 6.45) is 6.09. The maximum Gasteiger partial charge on any atom is 0.150 e. The zero-order valence-electron chi connectivity index (χ0n) is 12.4. The van der Waals surface area contributed by atoms with E-state index in [0.717, 1.165) is 25.7 Å².